The molecule has 3 saturated heterocycles. The first-order valence-electron chi connectivity index (χ1n) is 38.1. The zero-order valence-electron chi connectivity index (χ0n) is 65.0. The predicted molar refractivity (Wildman–Crippen MR) is 446 cm³/mol. The molecule has 12 atom stereocenters. The van der Waals surface area contributed by atoms with Crippen molar-refractivity contribution in [2.45, 2.75) is 187 Å². The Labute approximate surface area is 678 Å². The minimum Gasteiger partial charge on any atom is -0.489 e. The Kier molecular flexibility index (Phi) is 41.1. The molecule has 608 valence electrons. The van der Waals surface area contributed by atoms with Gasteiger partial charge in [-0.05, 0) is 78.7 Å². The number of allylic oxidation sites excluding steroid dienone is 3. The van der Waals surface area contributed by atoms with Gasteiger partial charge in [0, 0.05) is 104 Å². The van der Waals surface area contributed by atoms with Crippen molar-refractivity contribution in [3.63, 3.8) is 0 Å². The van der Waals surface area contributed by atoms with Crippen molar-refractivity contribution in [1.29, 1.82) is 0 Å². The second-order valence-corrected chi connectivity index (χ2v) is 37.4. The molecule has 3 unspecified atom stereocenters. The van der Waals surface area contributed by atoms with E-state index in [0.717, 1.165) is 47.6 Å². The summed E-state index contributed by atoms with van der Waals surface area (Å²) in [6.07, 6.45) is 13.6. The van der Waals surface area contributed by atoms with Gasteiger partial charge >= 0.3 is 0 Å². The van der Waals surface area contributed by atoms with Crippen molar-refractivity contribution in [2.75, 3.05) is 54.2 Å². The fourth-order valence-electron chi connectivity index (χ4n) is 12.3. The van der Waals surface area contributed by atoms with Crippen LogP contribution in [0.3, 0.4) is 0 Å². The lowest BCUT2D eigenvalue weighted by atomic mass is 9.88. The summed E-state index contributed by atoms with van der Waals surface area (Å²) in [5.74, 6) is -1.35. The molecule has 6 aliphatic heterocycles. The van der Waals surface area contributed by atoms with Crippen LogP contribution in [0.25, 0.3) is 0 Å². The van der Waals surface area contributed by atoms with E-state index in [9.17, 15) is 57.5 Å². The molecule has 111 heavy (non-hydrogen) atoms. The number of ether oxygens (including phenoxy) is 3. The highest BCUT2D eigenvalue weighted by molar-refractivity contribution is 8.77. The van der Waals surface area contributed by atoms with E-state index in [0.29, 0.717) is 41.0 Å². The van der Waals surface area contributed by atoms with Gasteiger partial charge in [-0.1, -0.05) is 219 Å². The molecule has 2 aromatic carbocycles. The third-order valence-corrected chi connectivity index (χ3v) is 25.9. The lowest BCUT2D eigenvalue weighted by Gasteiger charge is -2.27. The van der Waals surface area contributed by atoms with Crippen LogP contribution < -0.4 is 47.9 Å². The zero-order valence-corrected chi connectivity index (χ0v) is 69.9. The molecule has 2 aromatic rings. The lowest BCUT2D eigenvalue weighted by molar-refractivity contribution is -0.135. The number of benzene rings is 2. The van der Waals surface area contributed by atoms with E-state index < -0.39 is 102 Å². The molecule has 6 heterocycles. The van der Waals surface area contributed by atoms with Gasteiger partial charge in [-0.25, -0.2) is 0 Å². The Balaban J connectivity index is 0.000000260. The van der Waals surface area contributed by atoms with Crippen LogP contribution in [0.4, 0.5) is 0 Å². The number of carbonyl (C=O) groups excluding carboxylic acids is 12. The van der Waals surface area contributed by atoms with Gasteiger partial charge < -0.3 is 62.1 Å². The van der Waals surface area contributed by atoms with E-state index in [1.54, 1.807) is 32.4 Å². The van der Waals surface area contributed by atoms with Gasteiger partial charge in [-0.3, -0.25) is 57.5 Å². The first-order chi connectivity index (χ1) is 53.0. The highest BCUT2D eigenvalue weighted by atomic mass is 33.1. The summed E-state index contributed by atoms with van der Waals surface area (Å²) >= 11 is 0. The van der Waals surface area contributed by atoms with Crippen LogP contribution in [0.1, 0.15) is 131 Å². The summed E-state index contributed by atoms with van der Waals surface area (Å²) in [6.45, 7) is 27.2. The molecular weight excluding hydrogens is 1530 g/mol. The normalized spacial score (nSPS) is 28.0. The minimum absolute atomic E-state index is 0.0407. The predicted octanol–water partition coefficient (Wildman–Crippen LogP) is 9.37. The van der Waals surface area contributed by atoms with Crippen LogP contribution in [0.2, 0.25) is 0 Å². The number of ketones is 3. The van der Waals surface area contributed by atoms with Crippen LogP contribution in [0, 0.1) is 41.4 Å². The number of amides is 9. The zero-order chi connectivity index (χ0) is 80.9. The van der Waals surface area contributed by atoms with Crippen molar-refractivity contribution in [2.24, 2.45) is 41.4 Å². The largest absolute Gasteiger partial charge is 0.489 e. The van der Waals surface area contributed by atoms with Crippen molar-refractivity contribution in [3.05, 3.63) is 145 Å². The maximum atomic E-state index is 13.5. The Morgan fingerprint density at radius 3 is 0.937 bits per heavy atom. The molecule has 6 bridgehead atoms. The van der Waals surface area contributed by atoms with Crippen LogP contribution in [-0.4, -0.2) is 179 Å². The standard InChI is InChI=1S/2C28H37N3O5S2.C25H39N3O5S2/c2*1-18(2)23-15-21(32)14-22-11-7-8-12-37-38-17-25(31-26(23)33)28(35)30-24(13-20-9-5-4-6-10-20)27(34)29-16-19(3)36-22;1-15(2)10-21-24(31)26-13-17(5)33-19-8-6-7-9-34-35-14-22(25(32)27-21)28-23(30)20(16(3)4)12-18(29)11-19/h2*4-7,9-11,18,22-25H,3,8,12-17H2,1-2H3,(H,29,34)(H,30,35)(H,31,33);6,8,15-16,19-22H,5,7,9-14H2,1-4H3,(H,26,31)(H,27,32)(H,28,30)/b2*11-7+;8-6+/t22?,23-,24+,25-;22?,23-,24-,25-;19?,20-,21+,22-/m111/s1. The van der Waals surface area contributed by atoms with Crippen LogP contribution >= 0.6 is 64.8 Å². The lowest BCUT2D eigenvalue weighted by Crippen LogP contribution is -2.56. The first kappa shape index (κ1) is 92.5. The van der Waals surface area contributed by atoms with Crippen LogP contribution in [0.5, 0.6) is 0 Å². The molecule has 0 saturated carbocycles. The number of rotatable bonds is 9. The molecule has 0 spiro atoms. The van der Waals surface area contributed by atoms with Gasteiger partial charge in [0.2, 0.25) is 53.2 Å². The SMILES string of the molecule is C=C1CNC(=O)[C@@H](Cc2ccccc2)NC(=O)[C@H]2CSSCC/C=C/C(CC(=O)C[C@H](C(C)C)C(=O)N2)O1.C=C1CNC(=O)[C@H](CC(C)C)NC(=O)[C@H]2CSSCC/C=C/C(CC(=O)C[C@H](C(C)C)C(=O)N2)O1.C=C1CNC(=O)[C@H](Cc2ccccc2)NC(=O)[C@H]2CSSCC/C=C/C(CC(=O)C[C@H](C(C)C)C(=O)N2)O1. The van der Waals surface area contributed by atoms with E-state index in [1.807, 2.05) is 153 Å². The van der Waals surface area contributed by atoms with Crippen molar-refractivity contribution >= 4 is 135 Å². The van der Waals surface area contributed by atoms with Gasteiger partial charge in [0.15, 0.2) is 0 Å². The summed E-state index contributed by atoms with van der Waals surface area (Å²) in [7, 11) is 9.29. The molecule has 8 rings (SSSR count). The Hall–Kier alpha value is -7.38. The molecule has 9 N–H and O–H groups in total. The number of Topliss-reactive ketones (excluding diaryl/α,β-unsaturated/α-hetero) is 3. The highest BCUT2D eigenvalue weighted by Crippen LogP contribution is 2.30. The second kappa shape index (κ2) is 49.3. The third-order valence-electron chi connectivity index (χ3n) is 18.6. The summed E-state index contributed by atoms with van der Waals surface area (Å²) in [5, 5.41) is 25.6. The highest BCUT2D eigenvalue weighted by Gasteiger charge is 2.37. The maximum Gasteiger partial charge on any atom is 0.244 e. The monoisotopic (exact) mass is 1640 g/mol. The van der Waals surface area contributed by atoms with Gasteiger partial charge in [0.25, 0.3) is 0 Å². The van der Waals surface area contributed by atoms with Crippen LogP contribution in [0.15, 0.2) is 134 Å². The quantitative estimate of drug-likeness (QED) is 0.0833. The number of fused-ring (bicyclic) bond motifs is 21. The summed E-state index contributed by atoms with van der Waals surface area (Å²) in [5.41, 5.74) is 1.77. The molecule has 30 heteroatoms. The van der Waals surface area contributed by atoms with Gasteiger partial charge in [0.1, 0.15) is 89.2 Å². The topological polar surface area (TPSA) is 341 Å². The molecular formula is C81H113N9O15S6. The number of carbonyl (C=O) groups is 12. The number of hydrogen-bond acceptors (Lipinski definition) is 21. The van der Waals surface area contributed by atoms with Gasteiger partial charge in [-0.15, -0.1) is 0 Å². The Bertz CT molecular complexity index is 3440. The minimum atomic E-state index is -0.864. The fraction of sp³-hybridized carbons (Fsp3) is 0.556. The molecule has 0 radical (unpaired) electrons. The number of nitrogens with one attached hydrogen (secondary N) is 9. The average molecular weight is 1650 g/mol. The number of hydrogen-bond donors (Lipinski definition) is 9. The Morgan fingerprint density at radius 1 is 0.360 bits per heavy atom. The van der Waals surface area contributed by atoms with E-state index in [-0.39, 0.29) is 136 Å². The van der Waals surface area contributed by atoms with E-state index in [2.05, 4.69) is 67.6 Å². The van der Waals surface area contributed by atoms with E-state index in [4.69, 9.17) is 14.2 Å². The van der Waals surface area contributed by atoms with E-state index in [1.165, 1.54) is 32.4 Å². The molecule has 24 nitrogen and oxygen atoms in total. The van der Waals surface area contributed by atoms with Gasteiger partial charge in [0.05, 0.1) is 19.6 Å². The van der Waals surface area contributed by atoms with Crippen molar-refractivity contribution in [1.82, 2.24) is 47.9 Å². The molecule has 6 aliphatic rings. The average Bonchev–Trinajstić information content (AvgIpc) is 1.46. The summed E-state index contributed by atoms with van der Waals surface area (Å²) < 4.78 is 17.9. The second-order valence-electron chi connectivity index (χ2n) is 29.5. The van der Waals surface area contributed by atoms with Gasteiger partial charge in [-0.2, -0.15) is 0 Å². The third kappa shape index (κ3) is 34.5. The fourth-order valence-corrected chi connectivity index (χ4v) is 18.8. The molecule has 0 aliphatic carbocycles. The maximum absolute atomic E-state index is 13.5. The summed E-state index contributed by atoms with van der Waals surface area (Å²) in [6, 6.07) is 13.8. The molecule has 9 amide bonds. The molecule has 0 aromatic heterocycles. The summed E-state index contributed by atoms with van der Waals surface area (Å²) in [4.78, 5) is 158. The van der Waals surface area contributed by atoms with E-state index >= 15 is 0 Å². The van der Waals surface area contributed by atoms with Crippen molar-refractivity contribution < 1.29 is 71.7 Å². The Morgan fingerprint density at radius 2 is 0.649 bits per heavy atom. The first-order valence-corrected chi connectivity index (χ1v) is 45.5. The van der Waals surface area contributed by atoms with Crippen molar-refractivity contribution in [3.8, 4) is 0 Å². The molecule has 3 fully saturated rings. The smallest absolute Gasteiger partial charge is 0.244 e. The van der Waals surface area contributed by atoms with Crippen LogP contribution in [-0.2, 0) is 84.6 Å².